The van der Waals surface area contributed by atoms with Crippen molar-refractivity contribution in [1.29, 1.82) is 0 Å². The van der Waals surface area contributed by atoms with Gasteiger partial charge >= 0.3 is 0 Å². The van der Waals surface area contributed by atoms with E-state index in [1.54, 1.807) is 19.1 Å². The number of halogens is 1. The number of rotatable bonds is 5. The molecule has 1 aromatic rings. The van der Waals surface area contributed by atoms with Crippen LogP contribution in [-0.4, -0.2) is 37.0 Å². The second-order valence-corrected chi connectivity index (χ2v) is 5.93. The number of amides is 1. The monoisotopic (exact) mass is 292 g/mol. The predicted molar refractivity (Wildman–Crippen MR) is 82.9 cm³/mol. The maximum atomic E-state index is 13.4. The Morgan fingerprint density at radius 3 is 2.90 bits per heavy atom. The molecule has 4 heteroatoms. The van der Waals surface area contributed by atoms with Crippen LogP contribution < -0.4 is 5.32 Å². The van der Waals surface area contributed by atoms with Crippen LogP contribution in [0.5, 0.6) is 0 Å². The molecule has 1 heterocycles. The molecule has 0 aliphatic carbocycles. The fourth-order valence-electron chi connectivity index (χ4n) is 2.90. The van der Waals surface area contributed by atoms with E-state index in [9.17, 15) is 9.18 Å². The van der Waals surface area contributed by atoms with Gasteiger partial charge < -0.3 is 10.2 Å². The number of nitrogens with zero attached hydrogens (tertiary/aromatic N) is 1. The Balaban J connectivity index is 2.08. The molecule has 1 N–H and O–H groups in total. The summed E-state index contributed by atoms with van der Waals surface area (Å²) in [6.07, 6.45) is 3.28. The first kappa shape index (κ1) is 16.0. The molecule has 1 unspecified atom stereocenters. The number of piperidine rings is 1. The predicted octanol–water partition coefficient (Wildman–Crippen LogP) is 2.99. The van der Waals surface area contributed by atoms with E-state index in [-0.39, 0.29) is 11.7 Å². The highest BCUT2D eigenvalue weighted by molar-refractivity contribution is 5.94. The van der Waals surface area contributed by atoms with Crippen molar-refractivity contribution >= 4 is 5.91 Å². The molecular weight excluding hydrogens is 267 g/mol. The van der Waals surface area contributed by atoms with Crippen molar-refractivity contribution in [2.24, 2.45) is 5.92 Å². The molecule has 116 valence electrons. The summed E-state index contributed by atoms with van der Waals surface area (Å²) in [7, 11) is 0. The van der Waals surface area contributed by atoms with Gasteiger partial charge in [-0.25, -0.2) is 4.39 Å². The summed E-state index contributed by atoms with van der Waals surface area (Å²) in [5.74, 6) is 0.284. The van der Waals surface area contributed by atoms with Crippen LogP contribution in [-0.2, 0) is 0 Å². The second kappa shape index (κ2) is 7.55. The first-order chi connectivity index (χ1) is 10.1. The molecule has 3 nitrogen and oxygen atoms in total. The molecule has 1 aromatic carbocycles. The lowest BCUT2D eigenvalue weighted by molar-refractivity contribution is 0.0718. The SMILES string of the molecule is CCCN(CC1CCCNC1)C(=O)c1ccc(F)c(C)c1. The van der Waals surface area contributed by atoms with Crippen molar-refractivity contribution in [1.82, 2.24) is 10.2 Å². The summed E-state index contributed by atoms with van der Waals surface area (Å²) in [5, 5.41) is 3.39. The van der Waals surface area contributed by atoms with E-state index in [1.165, 1.54) is 18.9 Å². The van der Waals surface area contributed by atoms with Crippen molar-refractivity contribution in [3.8, 4) is 0 Å². The Labute approximate surface area is 126 Å². The Morgan fingerprint density at radius 2 is 2.29 bits per heavy atom. The lowest BCUT2D eigenvalue weighted by atomic mass is 9.98. The van der Waals surface area contributed by atoms with Gasteiger partial charge in [-0.1, -0.05) is 6.92 Å². The normalized spacial score (nSPS) is 18.5. The summed E-state index contributed by atoms with van der Waals surface area (Å²) >= 11 is 0. The number of carbonyl (C=O) groups is 1. The number of nitrogens with one attached hydrogen (secondary N) is 1. The van der Waals surface area contributed by atoms with Gasteiger partial charge in [0, 0.05) is 18.7 Å². The zero-order valence-electron chi connectivity index (χ0n) is 13.0. The van der Waals surface area contributed by atoms with E-state index in [4.69, 9.17) is 0 Å². The standard InChI is InChI=1S/C17H25FN2O/c1-3-9-20(12-14-5-4-8-19-11-14)17(21)15-6-7-16(18)13(2)10-15/h6-7,10,14,19H,3-5,8-9,11-12H2,1-2H3. The molecule has 21 heavy (non-hydrogen) atoms. The smallest absolute Gasteiger partial charge is 0.253 e. The first-order valence-electron chi connectivity index (χ1n) is 7.88. The highest BCUT2D eigenvalue weighted by Gasteiger charge is 2.21. The summed E-state index contributed by atoms with van der Waals surface area (Å²) in [6, 6.07) is 4.63. The Bertz CT molecular complexity index is 484. The van der Waals surface area contributed by atoms with Crippen molar-refractivity contribution in [2.45, 2.75) is 33.1 Å². The number of hydrogen-bond acceptors (Lipinski definition) is 2. The maximum absolute atomic E-state index is 13.4. The van der Waals surface area contributed by atoms with Gasteiger partial charge in [0.15, 0.2) is 0 Å². The van der Waals surface area contributed by atoms with Crippen LogP contribution in [0, 0.1) is 18.7 Å². The van der Waals surface area contributed by atoms with Crippen LogP contribution >= 0.6 is 0 Å². The van der Waals surface area contributed by atoms with Crippen LogP contribution in [0.25, 0.3) is 0 Å². The summed E-state index contributed by atoms with van der Waals surface area (Å²) in [4.78, 5) is 14.6. The summed E-state index contributed by atoms with van der Waals surface area (Å²) < 4.78 is 13.4. The van der Waals surface area contributed by atoms with Crippen molar-refractivity contribution in [2.75, 3.05) is 26.2 Å². The average Bonchev–Trinajstić information content (AvgIpc) is 2.50. The fraction of sp³-hybridized carbons (Fsp3) is 0.588. The number of hydrogen-bond donors (Lipinski definition) is 1. The molecule has 0 saturated carbocycles. The van der Waals surface area contributed by atoms with Gasteiger partial charge in [-0.05, 0) is 69.0 Å². The van der Waals surface area contributed by atoms with Crippen LogP contribution in [0.15, 0.2) is 18.2 Å². The van der Waals surface area contributed by atoms with E-state index in [0.717, 1.165) is 32.6 Å². The van der Waals surface area contributed by atoms with E-state index in [2.05, 4.69) is 12.2 Å². The quantitative estimate of drug-likeness (QED) is 0.905. The van der Waals surface area contributed by atoms with Gasteiger partial charge in [0.1, 0.15) is 5.82 Å². The lowest BCUT2D eigenvalue weighted by Gasteiger charge is -2.30. The topological polar surface area (TPSA) is 32.3 Å². The van der Waals surface area contributed by atoms with Crippen molar-refractivity contribution in [3.05, 3.63) is 35.1 Å². The molecule has 1 aliphatic heterocycles. The first-order valence-corrected chi connectivity index (χ1v) is 7.88. The minimum absolute atomic E-state index is 0.0190. The fourth-order valence-corrected chi connectivity index (χ4v) is 2.90. The molecular formula is C17H25FN2O. The number of benzene rings is 1. The molecule has 0 aromatic heterocycles. The van der Waals surface area contributed by atoms with Gasteiger partial charge in [0.25, 0.3) is 5.91 Å². The van der Waals surface area contributed by atoms with Crippen LogP contribution in [0.1, 0.15) is 42.1 Å². The number of carbonyl (C=O) groups excluding carboxylic acids is 1. The molecule has 0 spiro atoms. The Kier molecular flexibility index (Phi) is 5.74. The Hall–Kier alpha value is -1.42. The molecule has 1 saturated heterocycles. The summed E-state index contributed by atoms with van der Waals surface area (Å²) in [6.45, 7) is 7.38. The van der Waals surface area contributed by atoms with E-state index in [0.29, 0.717) is 17.0 Å². The van der Waals surface area contributed by atoms with Gasteiger partial charge in [-0.15, -0.1) is 0 Å². The lowest BCUT2D eigenvalue weighted by Crippen LogP contribution is -2.41. The average molecular weight is 292 g/mol. The third kappa shape index (κ3) is 4.27. The van der Waals surface area contributed by atoms with Gasteiger partial charge in [0.05, 0.1) is 0 Å². The van der Waals surface area contributed by atoms with Crippen LogP contribution in [0.4, 0.5) is 4.39 Å². The largest absolute Gasteiger partial charge is 0.338 e. The molecule has 1 aliphatic rings. The minimum Gasteiger partial charge on any atom is -0.338 e. The molecule has 0 bridgehead atoms. The highest BCUT2D eigenvalue weighted by atomic mass is 19.1. The molecule has 1 amide bonds. The van der Waals surface area contributed by atoms with Gasteiger partial charge in [0.2, 0.25) is 0 Å². The van der Waals surface area contributed by atoms with Gasteiger partial charge in [-0.3, -0.25) is 4.79 Å². The zero-order chi connectivity index (χ0) is 15.2. The molecule has 0 radical (unpaired) electrons. The van der Waals surface area contributed by atoms with E-state index in [1.807, 2.05) is 4.90 Å². The van der Waals surface area contributed by atoms with E-state index < -0.39 is 0 Å². The van der Waals surface area contributed by atoms with E-state index >= 15 is 0 Å². The molecule has 1 fully saturated rings. The van der Waals surface area contributed by atoms with Crippen LogP contribution in [0.3, 0.4) is 0 Å². The third-order valence-corrected chi connectivity index (χ3v) is 4.06. The van der Waals surface area contributed by atoms with Gasteiger partial charge in [-0.2, -0.15) is 0 Å². The minimum atomic E-state index is -0.259. The maximum Gasteiger partial charge on any atom is 0.253 e. The second-order valence-electron chi connectivity index (χ2n) is 5.93. The van der Waals surface area contributed by atoms with Crippen molar-refractivity contribution < 1.29 is 9.18 Å². The van der Waals surface area contributed by atoms with Crippen molar-refractivity contribution in [3.63, 3.8) is 0 Å². The summed E-state index contributed by atoms with van der Waals surface area (Å²) in [5.41, 5.74) is 1.11. The third-order valence-electron chi connectivity index (χ3n) is 4.06. The zero-order valence-corrected chi connectivity index (χ0v) is 13.0. The Morgan fingerprint density at radius 1 is 1.48 bits per heavy atom. The van der Waals surface area contributed by atoms with Crippen LogP contribution in [0.2, 0.25) is 0 Å². The number of aryl methyl sites for hydroxylation is 1. The molecule has 2 rings (SSSR count). The highest BCUT2D eigenvalue weighted by Crippen LogP contribution is 2.16. The molecule has 1 atom stereocenters.